The molecule has 1 aromatic heterocycles. The highest BCUT2D eigenvalue weighted by molar-refractivity contribution is 5.91. The van der Waals surface area contributed by atoms with Crippen LogP contribution >= 0.6 is 0 Å². The zero-order chi connectivity index (χ0) is 18.4. The summed E-state index contributed by atoms with van der Waals surface area (Å²) >= 11 is 0. The fourth-order valence-corrected chi connectivity index (χ4v) is 2.10. The molecule has 1 amide bonds. The number of benzene rings is 1. The third-order valence-corrected chi connectivity index (χ3v) is 3.69. The number of nitro groups is 1. The maximum absolute atomic E-state index is 11.9. The van der Waals surface area contributed by atoms with Crippen LogP contribution in [0.4, 0.5) is 11.4 Å². The van der Waals surface area contributed by atoms with Crippen LogP contribution in [0.5, 0.6) is 5.88 Å². The van der Waals surface area contributed by atoms with Crippen molar-refractivity contribution in [1.82, 2.24) is 9.97 Å². The summed E-state index contributed by atoms with van der Waals surface area (Å²) in [5.74, 6) is -0.598. The minimum absolute atomic E-state index is 0.427. The first-order chi connectivity index (χ1) is 11.9. The molecule has 132 valence electrons. The number of carbonyl (C=O) groups excluding carboxylic acids is 1. The Kier molecular flexibility index (Phi) is 5.83. The second kappa shape index (κ2) is 8.04. The number of hydrogen-bond acceptors (Lipinski definition) is 6. The van der Waals surface area contributed by atoms with Gasteiger partial charge in [-0.1, -0.05) is 26.0 Å². The number of anilines is 1. The van der Waals surface area contributed by atoms with Crippen molar-refractivity contribution in [3.05, 3.63) is 56.6 Å². The third-order valence-electron chi connectivity index (χ3n) is 3.69. The standard InChI is InChI=1S/C16H18N4O5/c1-3-10(2)11-4-6-12(7-5-11)19-13(21)8-25-16-14(20(23)24)15(22)17-9-18-16/h4-7,9-10H,3,8H2,1-2H3,(H,19,21)(H,17,18,22)/t10-/m1/s1. The first-order valence-corrected chi connectivity index (χ1v) is 7.67. The van der Waals surface area contributed by atoms with E-state index in [2.05, 4.69) is 29.1 Å². The van der Waals surface area contributed by atoms with E-state index in [9.17, 15) is 19.7 Å². The topological polar surface area (TPSA) is 127 Å². The Morgan fingerprint density at radius 2 is 2.08 bits per heavy atom. The van der Waals surface area contributed by atoms with Crippen molar-refractivity contribution >= 4 is 17.3 Å². The van der Waals surface area contributed by atoms with Crippen molar-refractivity contribution < 1.29 is 14.5 Å². The number of nitrogens with zero attached hydrogens (tertiary/aromatic N) is 2. The van der Waals surface area contributed by atoms with E-state index in [0.29, 0.717) is 11.6 Å². The van der Waals surface area contributed by atoms with Gasteiger partial charge in [-0.3, -0.25) is 19.7 Å². The molecule has 2 aromatic rings. The van der Waals surface area contributed by atoms with Crippen molar-refractivity contribution in [2.45, 2.75) is 26.2 Å². The van der Waals surface area contributed by atoms with Crippen molar-refractivity contribution in [2.24, 2.45) is 0 Å². The Labute approximate surface area is 143 Å². The van der Waals surface area contributed by atoms with Gasteiger partial charge in [0.15, 0.2) is 6.61 Å². The van der Waals surface area contributed by atoms with Crippen LogP contribution in [0.2, 0.25) is 0 Å². The fraction of sp³-hybridized carbons (Fsp3) is 0.312. The number of rotatable bonds is 7. The van der Waals surface area contributed by atoms with Gasteiger partial charge in [-0.15, -0.1) is 0 Å². The van der Waals surface area contributed by atoms with Crippen LogP contribution < -0.4 is 15.6 Å². The van der Waals surface area contributed by atoms with Gasteiger partial charge in [0, 0.05) is 5.69 Å². The lowest BCUT2D eigenvalue weighted by Gasteiger charge is -2.10. The number of hydrogen-bond donors (Lipinski definition) is 2. The normalized spacial score (nSPS) is 11.6. The first-order valence-electron chi connectivity index (χ1n) is 7.67. The van der Waals surface area contributed by atoms with Gasteiger partial charge in [-0.25, -0.2) is 0 Å². The summed E-state index contributed by atoms with van der Waals surface area (Å²) in [4.78, 5) is 38.9. The Morgan fingerprint density at radius 3 is 2.68 bits per heavy atom. The summed E-state index contributed by atoms with van der Waals surface area (Å²) in [6, 6.07) is 7.39. The fourth-order valence-electron chi connectivity index (χ4n) is 2.10. The zero-order valence-electron chi connectivity index (χ0n) is 13.8. The van der Waals surface area contributed by atoms with Crippen LogP contribution in [-0.2, 0) is 4.79 Å². The summed E-state index contributed by atoms with van der Waals surface area (Å²) in [7, 11) is 0. The highest BCUT2D eigenvalue weighted by Crippen LogP contribution is 2.21. The molecule has 9 heteroatoms. The third kappa shape index (κ3) is 4.63. The van der Waals surface area contributed by atoms with Crippen LogP contribution in [0.25, 0.3) is 0 Å². The largest absolute Gasteiger partial charge is 0.462 e. The molecule has 0 fully saturated rings. The number of aromatic amines is 1. The van der Waals surface area contributed by atoms with Crippen molar-refractivity contribution in [3.63, 3.8) is 0 Å². The minimum atomic E-state index is -0.948. The lowest BCUT2D eigenvalue weighted by atomic mass is 9.99. The molecule has 0 saturated heterocycles. The van der Waals surface area contributed by atoms with Crippen LogP contribution in [-0.4, -0.2) is 27.4 Å². The Balaban J connectivity index is 1.99. The van der Waals surface area contributed by atoms with Gasteiger partial charge in [0.05, 0.1) is 11.3 Å². The van der Waals surface area contributed by atoms with E-state index in [0.717, 1.165) is 12.7 Å². The first kappa shape index (κ1) is 18.1. The zero-order valence-corrected chi connectivity index (χ0v) is 13.8. The van der Waals surface area contributed by atoms with Gasteiger partial charge >= 0.3 is 17.1 Å². The second-order valence-corrected chi connectivity index (χ2v) is 5.41. The summed E-state index contributed by atoms with van der Waals surface area (Å²) in [5, 5.41) is 13.5. The average Bonchev–Trinajstić information content (AvgIpc) is 2.59. The Hall–Kier alpha value is -3.23. The van der Waals surface area contributed by atoms with Crippen molar-refractivity contribution in [3.8, 4) is 5.88 Å². The van der Waals surface area contributed by atoms with E-state index >= 15 is 0 Å². The van der Waals surface area contributed by atoms with Gasteiger partial charge in [0.2, 0.25) is 0 Å². The van der Waals surface area contributed by atoms with Crippen molar-refractivity contribution in [1.29, 1.82) is 0 Å². The smallest absolute Gasteiger partial charge is 0.395 e. The molecule has 9 nitrogen and oxygen atoms in total. The SMILES string of the molecule is CC[C@@H](C)c1ccc(NC(=O)COc2nc[nH]c(=O)c2[N+](=O)[O-])cc1. The molecule has 2 rings (SSSR count). The van der Waals surface area contributed by atoms with Gasteiger partial charge < -0.3 is 15.0 Å². The minimum Gasteiger partial charge on any atom is -0.462 e. The summed E-state index contributed by atoms with van der Waals surface area (Å²) < 4.78 is 5.01. The molecule has 0 aliphatic rings. The predicted molar refractivity (Wildman–Crippen MR) is 90.8 cm³/mol. The Morgan fingerprint density at radius 1 is 1.40 bits per heavy atom. The van der Waals surface area contributed by atoms with Gasteiger partial charge in [0.1, 0.15) is 0 Å². The molecule has 2 N–H and O–H groups in total. The van der Waals surface area contributed by atoms with Crippen LogP contribution in [0, 0.1) is 10.1 Å². The van der Waals surface area contributed by atoms with E-state index in [1.165, 1.54) is 5.56 Å². The number of carbonyl (C=O) groups is 1. The number of H-pyrrole nitrogens is 1. The van der Waals surface area contributed by atoms with E-state index in [1.807, 2.05) is 12.1 Å². The van der Waals surface area contributed by atoms with Crippen LogP contribution in [0.15, 0.2) is 35.4 Å². The van der Waals surface area contributed by atoms with Crippen LogP contribution in [0.1, 0.15) is 31.7 Å². The highest BCUT2D eigenvalue weighted by atomic mass is 16.6. The lowest BCUT2D eigenvalue weighted by molar-refractivity contribution is -0.387. The molecule has 0 spiro atoms. The number of ether oxygens (including phenoxy) is 1. The summed E-state index contributed by atoms with van der Waals surface area (Å²) in [6.07, 6.45) is 1.98. The van der Waals surface area contributed by atoms with E-state index in [4.69, 9.17) is 4.74 Å². The maximum atomic E-state index is 11.9. The molecular weight excluding hydrogens is 328 g/mol. The van der Waals surface area contributed by atoms with Gasteiger partial charge in [0.25, 0.3) is 5.91 Å². The quantitative estimate of drug-likeness (QED) is 0.584. The molecule has 1 atom stereocenters. The summed E-state index contributed by atoms with van der Waals surface area (Å²) in [6.45, 7) is 3.70. The molecule has 0 saturated carbocycles. The Bertz CT molecular complexity index is 816. The average molecular weight is 346 g/mol. The number of nitrogens with one attached hydrogen (secondary N) is 2. The summed E-state index contributed by atoms with van der Waals surface area (Å²) in [5.41, 5.74) is -0.0432. The highest BCUT2D eigenvalue weighted by Gasteiger charge is 2.22. The monoisotopic (exact) mass is 346 g/mol. The molecule has 25 heavy (non-hydrogen) atoms. The van der Waals surface area contributed by atoms with E-state index < -0.39 is 34.6 Å². The van der Waals surface area contributed by atoms with Crippen molar-refractivity contribution in [2.75, 3.05) is 11.9 Å². The van der Waals surface area contributed by atoms with Gasteiger partial charge in [-0.2, -0.15) is 4.98 Å². The molecular formula is C16H18N4O5. The molecule has 0 aliphatic carbocycles. The molecule has 0 bridgehead atoms. The molecule has 1 aromatic carbocycles. The van der Waals surface area contributed by atoms with Gasteiger partial charge in [-0.05, 0) is 30.0 Å². The van der Waals surface area contributed by atoms with E-state index in [-0.39, 0.29) is 0 Å². The maximum Gasteiger partial charge on any atom is 0.395 e. The molecule has 0 aliphatic heterocycles. The lowest BCUT2D eigenvalue weighted by Crippen LogP contribution is -2.22. The molecule has 1 heterocycles. The molecule has 0 unspecified atom stereocenters. The van der Waals surface area contributed by atoms with Crippen LogP contribution in [0.3, 0.4) is 0 Å². The number of amides is 1. The molecule has 0 radical (unpaired) electrons. The number of aromatic nitrogens is 2. The van der Waals surface area contributed by atoms with E-state index in [1.54, 1.807) is 12.1 Å². The second-order valence-electron chi connectivity index (χ2n) is 5.41. The predicted octanol–water partition coefficient (Wildman–Crippen LogP) is 2.21.